The van der Waals surface area contributed by atoms with Crippen LogP contribution in [0.15, 0.2) is 4.99 Å². The molecule has 0 aromatic carbocycles. The molecular weight excluding hydrogens is 118 g/mol. The zero-order chi connectivity index (χ0) is 5.98. The van der Waals surface area contributed by atoms with Gasteiger partial charge in [-0.05, 0) is 5.92 Å². The van der Waals surface area contributed by atoms with Crippen LogP contribution in [-0.2, 0) is 0 Å². The molecule has 1 rings (SSSR count). The summed E-state index contributed by atoms with van der Waals surface area (Å²) in [6, 6.07) is 0. The second kappa shape index (κ2) is 2.53. The summed E-state index contributed by atoms with van der Waals surface area (Å²) in [7, 11) is 0. The monoisotopic (exact) mass is 129 g/mol. The first-order valence-electron chi connectivity index (χ1n) is 2.94. The molecule has 0 bridgehead atoms. The molecular formula is C6H11NS. The molecule has 8 heavy (non-hydrogen) atoms. The van der Waals surface area contributed by atoms with Crippen LogP contribution in [0.3, 0.4) is 0 Å². The predicted octanol–water partition coefficient (Wildman–Crippen LogP) is 1.79. The van der Waals surface area contributed by atoms with Crippen LogP contribution in [0.1, 0.15) is 13.8 Å². The Morgan fingerprint density at radius 1 is 1.62 bits per heavy atom. The van der Waals surface area contributed by atoms with E-state index in [1.54, 1.807) is 0 Å². The SMILES string of the molecule is C[C@@H]1SC=NC[C@@H]1C. The maximum Gasteiger partial charge on any atom is 0.0543 e. The van der Waals surface area contributed by atoms with Crippen molar-refractivity contribution in [2.45, 2.75) is 19.1 Å². The second-order valence-corrected chi connectivity index (χ2v) is 3.52. The Balaban J connectivity index is 2.44. The largest absolute Gasteiger partial charge is 0.286 e. The number of hydrogen-bond acceptors (Lipinski definition) is 2. The van der Waals surface area contributed by atoms with Crippen molar-refractivity contribution < 1.29 is 0 Å². The Hall–Kier alpha value is 0.0200. The van der Waals surface area contributed by atoms with Crippen LogP contribution >= 0.6 is 11.8 Å². The number of aliphatic imine (C=N–C) groups is 1. The lowest BCUT2D eigenvalue weighted by atomic mass is 10.1. The van der Waals surface area contributed by atoms with Crippen molar-refractivity contribution in [3.05, 3.63) is 0 Å². The first-order valence-corrected chi connectivity index (χ1v) is 3.88. The number of thioether (sulfide) groups is 1. The van der Waals surface area contributed by atoms with E-state index in [1.165, 1.54) is 0 Å². The molecule has 0 saturated heterocycles. The normalized spacial score (nSPS) is 37.8. The second-order valence-electron chi connectivity index (χ2n) is 2.29. The summed E-state index contributed by atoms with van der Waals surface area (Å²) in [6.07, 6.45) is 0. The first kappa shape index (κ1) is 6.14. The molecule has 2 atom stereocenters. The Bertz CT molecular complexity index is 88.7. The highest BCUT2D eigenvalue weighted by atomic mass is 32.2. The van der Waals surface area contributed by atoms with Gasteiger partial charge in [0.2, 0.25) is 0 Å². The van der Waals surface area contributed by atoms with Crippen LogP contribution in [0.25, 0.3) is 0 Å². The van der Waals surface area contributed by atoms with Gasteiger partial charge in [-0.2, -0.15) is 0 Å². The molecule has 0 aliphatic carbocycles. The first-order chi connectivity index (χ1) is 3.80. The van der Waals surface area contributed by atoms with Gasteiger partial charge in [0, 0.05) is 11.8 Å². The fourth-order valence-corrected chi connectivity index (χ4v) is 1.35. The minimum atomic E-state index is 0.769. The van der Waals surface area contributed by atoms with E-state index >= 15 is 0 Å². The van der Waals surface area contributed by atoms with Crippen molar-refractivity contribution in [1.29, 1.82) is 0 Å². The maximum absolute atomic E-state index is 4.15. The van der Waals surface area contributed by atoms with E-state index in [2.05, 4.69) is 18.8 Å². The predicted molar refractivity (Wildman–Crippen MR) is 39.6 cm³/mol. The smallest absolute Gasteiger partial charge is 0.0543 e. The van der Waals surface area contributed by atoms with E-state index in [9.17, 15) is 0 Å². The Labute approximate surface area is 54.6 Å². The molecule has 46 valence electrons. The van der Waals surface area contributed by atoms with Gasteiger partial charge < -0.3 is 0 Å². The van der Waals surface area contributed by atoms with Gasteiger partial charge in [-0.3, -0.25) is 4.99 Å². The molecule has 0 N–H and O–H groups in total. The molecule has 1 aliphatic heterocycles. The third-order valence-corrected chi connectivity index (χ3v) is 2.71. The molecule has 0 radical (unpaired) electrons. The summed E-state index contributed by atoms with van der Waals surface area (Å²) in [5, 5.41) is 0.771. The lowest BCUT2D eigenvalue weighted by molar-refractivity contribution is 0.589. The van der Waals surface area contributed by atoms with E-state index < -0.39 is 0 Å². The number of hydrogen-bond donors (Lipinski definition) is 0. The minimum Gasteiger partial charge on any atom is -0.286 e. The van der Waals surface area contributed by atoms with Crippen LogP contribution in [0.2, 0.25) is 0 Å². The van der Waals surface area contributed by atoms with Crippen molar-refractivity contribution in [3.8, 4) is 0 Å². The van der Waals surface area contributed by atoms with Crippen LogP contribution in [0.4, 0.5) is 0 Å². The average molecular weight is 129 g/mol. The molecule has 0 saturated carbocycles. The van der Waals surface area contributed by atoms with Crippen LogP contribution in [-0.4, -0.2) is 17.3 Å². The molecule has 1 heterocycles. The van der Waals surface area contributed by atoms with Crippen molar-refractivity contribution in [2.75, 3.05) is 6.54 Å². The molecule has 0 spiro atoms. The summed E-state index contributed by atoms with van der Waals surface area (Å²) in [6.45, 7) is 5.52. The van der Waals surface area contributed by atoms with Gasteiger partial charge in [0.15, 0.2) is 0 Å². The zero-order valence-corrected chi connectivity index (χ0v) is 6.11. The average Bonchev–Trinajstić information content (AvgIpc) is 1.77. The van der Waals surface area contributed by atoms with Crippen molar-refractivity contribution >= 4 is 17.3 Å². The summed E-state index contributed by atoms with van der Waals surface area (Å²) < 4.78 is 0. The third-order valence-electron chi connectivity index (χ3n) is 1.54. The highest BCUT2D eigenvalue weighted by molar-refractivity contribution is 8.12. The molecule has 0 fully saturated rings. The van der Waals surface area contributed by atoms with E-state index in [0.29, 0.717) is 0 Å². The Kier molecular flexibility index (Phi) is 1.95. The summed E-state index contributed by atoms with van der Waals surface area (Å²) in [4.78, 5) is 4.15. The summed E-state index contributed by atoms with van der Waals surface area (Å²) in [5.74, 6) is 0.769. The van der Waals surface area contributed by atoms with Crippen LogP contribution in [0.5, 0.6) is 0 Å². The maximum atomic E-state index is 4.15. The van der Waals surface area contributed by atoms with Gasteiger partial charge in [0.25, 0.3) is 0 Å². The van der Waals surface area contributed by atoms with Gasteiger partial charge in [-0.1, -0.05) is 13.8 Å². The molecule has 0 amide bonds. The topological polar surface area (TPSA) is 12.4 Å². The zero-order valence-electron chi connectivity index (χ0n) is 5.29. The van der Waals surface area contributed by atoms with Crippen LogP contribution in [0, 0.1) is 5.92 Å². The van der Waals surface area contributed by atoms with E-state index in [4.69, 9.17) is 0 Å². The fraction of sp³-hybridized carbons (Fsp3) is 0.833. The molecule has 0 aromatic rings. The number of nitrogens with zero attached hydrogens (tertiary/aromatic N) is 1. The minimum absolute atomic E-state index is 0.769. The Morgan fingerprint density at radius 2 is 2.38 bits per heavy atom. The van der Waals surface area contributed by atoms with Gasteiger partial charge in [-0.15, -0.1) is 11.8 Å². The molecule has 0 unspecified atom stereocenters. The highest BCUT2D eigenvalue weighted by Crippen LogP contribution is 2.20. The number of rotatable bonds is 0. The molecule has 0 aromatic heterocycles. The van der Waals surface area contributed by atoms with E-state index in [-0.39, 0.29) is 0 Å². The molecule has 1 aliphatic rings. The highest BCUT2D eigenvalue weighted by Gasteiger charge is 2.13. The van der Waals surface area contributed by atoms with Crippen molar-refractivity contribution in [2.24, 2.45) is 10.9 Å². The van der Waals surface area contributed by atoms with Gasteiger partial charge in [-0.25, -0.2) is 0 Å². The Morgan fingerprint density at radius 3 is 2.75 bits per heavy atom. The van der Waals surface area contributed by atoms with Gasteiger partial charge >= 0.3 is 0 Å². The van der Waals surface area contributed by atoms with E-state index in [1.807, 2.05) is 17.3 Å². The molecule has 2 heteroatoms. The lowest BCUT2D eigenvalue weighted by Crippen LogP contribution is -2.16. The van der Waals surface area contributed by atoms with Gasteiger partial charge in [0.05, 0.1) is 5.55 Å². The van der Waals surface area contributed by atoms with Crippen molar-refractivity contribution in [1.82, 2.24) is 0 Å². The molecule has 1 nitrogen and oxygen atoms in total. The lowest BCUT2D eigenvalue weighted by Gasteiger charge is -2.18. The van der Waals surface area contributed by atoms with Crippen molar-refractivity contribution in [3.63, 3.8) is 0 Å². The standard InChI is InChI=1S/C6H11NS/c1-5-3-7-4-8-6(5)2/h4-6H,3H2,1-2H3/t5-,6-/m0/s1. The van der Waals surface area contributed by atoms with Crippen LogP contribution < -0.4 is 0 Å². The summed E-state index contributed by atoms with van der Waals surface area (Å²) in [5.41, 5.74) is 1.96. The van der Waals surface area contributed by atoms with Gasteiger partial charge in [0.1, 0.15) is 0 Å². The van der Waals surface area contributed by atoms with E-state index in [0.717, 1.165) is 17.7 Å². The quantitative estimate of drug-likeness (QED) is 0.485. The summed E-state index contributed by atoms with van der Waals surface area (Å²) >= 11 is 1.83. The third kappa shape index (κ3) is 1.25. The fourth-order valence-electron chi connectivity index (χ4n) is 0.631.